The van der Waals surface area contributed by atoms with E-state index in [1.54, 1.807) is 43.3 Å². The molecular weight excluding hydrogens is 354 g/mol. The molecule has 7 nitrogen and oxygen atoms in total. The minimum Gasteiger partial charge on any atom is -0.326 e. The van der Waals surface area contributed by atoms with Crippen molar-refractivity contribution < 1.29 is 18.0 Å². The number of sulfonamides is 1. The zero-order chi connectivity index (χ0) is 19.3. The quantitative estimate of drug-likeness (QED) is 0.720. The standard InChI is InChI=1S/C18H21N3O4S/c1-12-7-8-17(13(2)9-12)26(24,25)19-11-18(23)21-16-6-4-5-15(10-16)20-14(3)22/h4-10,19H,11H2,1-3H3,(H,20,22)(H,21,23). The summed E-state index contributed by atoms with van der Waals surface area (Å²) >= 11 is 0. The normalized spacial score (nSPS) is 11.0. The number of anilines is 2. The van der Waals surface area contributed by atoms with Crippen molar-refractivity contribution in [3.8, 4) is 0 Å². The van der Waals surface area contributed by atoms with E-state index in [9.17, 15) is 18.0 Å². The van der Waals surface area contributed by atoms with E-state index >= 15 is 0 Å². The number of carbonyl (C=O) groups is 2. The Morgan fingerprint density at radius 3 is 2.23 bits per heavy atom. The van der Waals surface area contributed by atoms with Crippen LogP contribution in [0.5, 0.6) is 0 Å². The molecule has 0 aromatic heterocycles. The monoisotopic (exact) mass is 375 g/mol. The molecular formula is C18H21N3O4S. The van der Waals surface area contributed by atoms with Crippen LogP contribution in [0, 0.1) is 13.8 Å². The van der Waals surface area contributed by atoms with Crippen molar-refractivity contribution in [2.45, 2.75) is 25.7 Å². The highest BCUT2D eigenvalue weighted by atomic mass is 32.2. The zero-order valence-corrected chi connectivity index (χ0v) is 15.6. The number of nitrogens with one attached hydrogen (secondary N) is 3. The van der Waals surface area contributed by atoms with E-state index < -0.39 is 22.5 Å². The molecule has 26 heavy (non-hydrogen) atoms. The van der Waals surface area contributed by atoms with Crippen LogP contribution >= 0.6 is 0 Å². The molecule has 2 amide bonds. The summed E-state index contributed by atoms with van der Waals surface area (Å²) in [5.41, 5.74) is 2.55. The van der Waals surface area contributed by atoms with Crippen molar-refractivity contribution in [1.82, 2.24) is 4.72 Å². The molecule has 0 aliphatic carbocycles. The lowest BCUT2D eigenvalue weighted by atomic mass is 10.2. The van der Waals surface area contributed by atoms with Gasteiger partial charge in [-0.3, -0.25) is 9.59 Å². The van der Waals surface area contributed by atoms with Gasteiger partial charge in [-0.2, -0.15) is 0 Å². The molecule has 0 atom stereocenters. The minimum absolute atomic E-state index is 0.142. The topological polar surface area (TPSA) is 104 Å². The van der Waals surface area contributed by atoms with Crippen molar-refractivity contribution in [2.24, 2.45) is 0 Å². The van der Waals surface area contributed by atoms with Gasteiger partial charge in [-0.05, 0) is 43.7 Å². The van der Waals surface area contributed by atoms with Crippen molar-refractivity contribution in [3.63, 3.8) is 0 Å². The van der Waals surface area contributed by atoms with Crippen LogP contribution in [-0.4, -0.2) is 26.8 Å². The van der Waals surface area contributed by atoms with Gasteiger partial charge < -0.3 is 10.6 Å². The Kier molecular flexibility index (Phi) is 6.12. The summed E-state index contributed by atoms with van der Waals surface area (Å²) in [5, 5.41) is 5.19. The van der Waals surface area contributed by atoms with Gasteiger partial charge in [0.05, 0.1) is 11.4 Å². The first kappa shape index (κ1) is 19.6. The van der Waals surface area contributed by atoms with Gasteiger partial charge in [0.1, 0.15) is 0 Å². The van der Waals surface area contributed by atoms with Gasteiger partial charge in [0.25, 0.3) is 0 Å². The number of benzene rings is 2. The SMILES string of the molecule is CC(=O)Nc1cccc(NC(=O)CNS(=O)(=O)c2ccc(C)cc2C)c1. The molecule has 0 heterocycles. The molecule has 0 bridgehead atoms. The third kappa shape index (κ3) is 5.40. The first-order valence-corrected chi connectivity index (χ1v) is 9.40. The lowest BCUT2D eigenvalue weighted by Crippen LogP contribution is -2.33. The molecule has 0 aliphatic rings. The molecule has 0 saturated heterocycles. The number of aryl methyl sites for hydroxylation is 2. The molecule has 2 aromatic carbocycles. The molecule has 2 aromatic rings. The number of hydrogen-bond acceptors (Lipinski definition) is 4. The highest BCUT2D eigenvalue weighted by molar-refractivity contribution is 7.89. The fraction of sp³-hybridized carbons (Fsp3) is 0.222. The Hall–Kier alpha value is -2.71. The van der Waals surface area contributed by atoms with E-state index in [1.807, 2.05) is 6.92 Å². The van der Waals surface area contributed by atoms with Crippen molar-refractivity contribution in [2.75, 3.05) is 17.2 Å². The van der Waals surface area contributed by atoms with E-state index in [1.165, 1.54) is 13.0 Å². The second-order valence-corrected chi connectivity index (χ2v) is 7.64. The predicted molar refractivity (Wildman–Crippen MR) is 100 cm³/mol. The van der Waals surface area contributed by atoms with Crippen molar-refractivity contribution >= 4 is 33.2 Å². The van der Waals surface area contributed by atoms with Crippen LogP contribution in [0.4, 0.5) is 11.4 Å². The Morgan fingerprint density at radius 2 is 1.62 bits per heavy atom. The van der Waals surface area contributed by atoms with Crippen LogP contribution in [0.15, 0.2) is 47.4 Å². The van der Waals surface area contributed by atoms with Crippen LogP contribution in [0.3, 0.4) is 0 Å². The van der Waals surface area contributed by atoms with Gasteiger partial charge in [-0.25, -0.2) is 13.1 Å². The van der Waals surface area contributed by atoms with Crippen molar-refractivity contribution in [3.05, 3.63) is 53.6 Å². The number of hydrogen-bond donors (Lipinski definition) is 3. The zero-order valence-electron chi connectivity index (χ0n) is 14.8. The lowest BCUT2D eigenvalue weighted by molar-refractivity contribution is -0.115. The molecule has 0 saturated carbocycles. The van der Waals surface area contributed by atoms with Crippen LogP contribution in [0.2, 0.25) is 0 Å². The Morgan fingerprint density at radius 1 is 0.962 bits per heavy atom. The summed E-state index contributed by atoms with van der Waals surface area (Å²) in [5.74, 6) is -0.743. The number of amides is 2. The van der Waals surface area contributed by atoms with E-state index in [0.29, 0.717) is 16.9 Å². The summed E-state index contributed by atoms with van der Waals surface area (Å²) < 4.78 is 27.0. The van der Waals surface area contributed by atoms with Gasteiger partial charge in [0, 0.05) is 18.3 Å². The first-order chi connectivity index (χ1) is 12.2. The van der Waals surface area contributed by atoms with E-state index in [2.05, 4.69) is 15.4 Å². The fourth-order valence-electron chi connectivity index (χ4n) is 2.42. The summed E-state index contributed by atoms with van der Waals surface area (Å²) in [4.78, 5) is 23.2. The summed E-state index contributed by atoms with van der Waals surface area (Å²) in [6, 6.07) is 11.6. The first-order valence-electron chi connectivity index (χ1n) is 7.92. The molecule has 138 valence electrons. The molecule has 3 N–H and O–H groups in total. The fourth-order valence-corrected chi connectivity index (χ4v) is 3.63. The van der Waals surface area contributed by atoms with Gasteiger partial charge >= 0.3 is 0 Å². The van der Waals surface area contributed by atoms with Crippen molar-refractivity contribution in [1.29, 1.82) is 0 Å². The van der Waals surface area contributed by atoms with Gasteiger partial charge in [0.15, 0.2) is 0 Å². The second kappa shape index (κ2) is 8.11. The van der Waals surface area contributed by atoms with Crippen LogP contribution in [0.1, 0.15) is 18.1 Å². The third-order valence-corrected chi connectivity index (χ3v) is 5.07. The molecule has 0 unspecified atom stereocenters. The Labute approximate surface area is 152 Å². The van der Waals surface area contributed by atoms with E-state index in [0.717, 1.165) is 5.56 Å². The van der Waals surface area contributed by atoms with Crippen LogP contribution in [-0.2, 0) is 19.6 Å². The Balaban J connectivity index is 2.01. The maximum atomic E-state index is 12.4. The molecule has 0 radical (unpaired) electrons. The molecule has 0 spiro atoms. The van der Waals surface area contributed by atoms with Gasteiger partial charge in [-0.15, -0.1) is 0 Å². The maximum Gasteiger partial charge on any atom is 0.241 e. The molecule has 2 rings (SSSR count). The van der Waals surface area contributed by atoms with Gasteiger partial charge in [0.2, 0.25) is 21.8 Å². The summed E-state index contributed by atoms with van der Waals surface area (Å²) in [6.45, 7) is 4.56. The molecule has 0 fully saturated rings. The third-order valence-electron chi connectivity index (χ3n) is 3.51. The molecule has 0 aliphatic heterocycles. The minimum atomic E-state index is -3.79. The average Bonchev–Trinajstić information content (AvgIpc) is 2.52. The Bertz CT molecular complexity index is 939. The second-order valence-electron chi connectivity index (χ2n) is 5.90. The molecule has 8 heteroatoms. The predicted octanol–water partition coefficient (Wildman–Crippen LogP) is 2.18. The maximum absolute atomic E-state index is 12.4. The van der Waals surface area contributed by atoms with E-state index in [4.69, 9.17) is 0 Å². The average molecular weight is 375 g/mol. The smallest absolute Gasteiger partial charge is 0.241 e. The highest BCUT2D eigenvalue weighted by Crippen LogP contribution is 2.17. The van der Waals surface area contributed by atoms with Gasteiger partial charge in [-0.1, -0.05) is 23.8 Å². The summed E-state index contributed by atoms with van der Waals surface area (Å²) in [6.07, 6.45) is 0. The van der Waals surface area contributed by atoms with Crippen LogP contribution < -0.4 is 15.4 Å². The van der Waals surface area contributed by atoms with E-state index in [-0.39, 0.29) is 10.8 Å². The van der Waals surface area contributed by atoms with Crippen LogP contribution in [0.25, 0.3) is 0 Å². The summed E-state index contributed by atoms with van der Waals surface area (Å²) in [7, 11) is -3.79. The number of carbonyl (C=O) groups excluding carboxylic acids is 2. The number of rotatable bonds is 6. The largest absolute Gasteiger partial charge is 0.326 e. The lowest BCUT2D eigenvalue weighted by Gasteiger charge is -2.11. The highest BCUT2D eigenvalue weighted by Gasteiger charge is 2.18.